The van der Waals surface area contributed by atoms with Gasteiger partial charge in [0.25, 0.3) is 0 Å². The monoisotopic (exact) mass is 656 g/mol. The lowest BCUT2D eigenvalue weighted by molar-refractivity contribution is 1.07. The Labute approximate surface area is 292 Å². The summed E-state index contributed by atoms with van der Waals surface area (Å²) in [6.45, 7) is 0. The van der Waals surface area contributed by atoms with Crippen LogP contribution in [0.5, 0.6) is 0 Å². The summed E-state index contributed by atoms with van der Waals surface area (Å²) in [5, 5.41) is 4.80. The highest BCUT2D eigenvalue weighted by molar-refractivity contribution is 7.26. The standard InChI is InChI=1S/C45H28N4S/c1-4-14-29(15-5-1)32-24-25-39-36(26-32)34-20-10-12-22-38(34)49(39)33-27-37(42-35-21-11-13-23-40(35)50-41(42)28-33)45-47-43(30-16-6-2-7-17-30)46-44(48-45)31-18-8-3-9-19-31/h1-28H. The summed E-state index contributed by atoms with van der Waals surface area (Å²) in [4.78, 5) is 15.4. The van der Waals surface area contributed by atoms with E-state index in [1.807, 2.05) is 47.7 Å². The summed E-state index contributed by atoms with van der Waals surface area (Å²) in [6.07, 6.45) is 0. The van der Waals surface area contributed by atoms with Crippen molar-refractivity contribution in [2.45, 2.75) is 0 Å². The summed E-state index contributed by atoms with van der Waals surface area (Å²) in [5.41, 5.74) is 8.68. The molecule has 5 heteroatoms. The molecule has 234 valence electrons. The number of fused-ring (bicyclic) bond motifs is 6. The van der Waals surface area contributed by atoms with Crippen LogP contribution in [0.3, 0.4) is 0 Å². The van der Waals surface area contributed by atoms with Crippen molar-refractivity contribution >= 4 is 53.3 Å². The van der Waals surface area contributed by atoms with Crippen molar-refractivity contribution < 1.29 is 0 Å². The van der Waals surface area contributed by atoms with Crippen LogP contribution < -0.4 is 0 Å². The fourth-order valence-corrected chi connectivity index (χ4v) is 8.30. The Morgan fingerprint density at radius 1 is 0.380 bits per heavy atom. The number of hydrogen-bond acceptors (Lipinski definition) is 4. The van der Waals surface area contributed by atoms with Gasteiger partial charge in [-0.25, -0.2) is 15.0 Å². The van der Waals surface area contributed by atoms with E-state index in [1.165, 1.54) is 36.7 Å². The Morgan fingerprint density at radius 3 is 1.64 bits per heavy atom. The molecule has 10 rings (SSSR count). The number of thiophene rings is 1. The highest BCUT2D eigenvalue weighted by Gasteiger charge is 2.21. The minimum Gasteiger partial charge on any atom is -0.309 e. The molecule has 0 aliphatic rings. The zero-order chi connectivity index (χ0) is 33.0. The van der Waals surface area contributed by atoms with Crippen molar-refractivity contribution in [3.05, 3.63) is 170 Å². The molecule has 0 unspecified atom stereocenters. The van der Waals surface area contributed by atoms with E-state index in [2.05, 4.69) is 138 Å². The first-order valence-electron chi connectivity index (χ1n) is 16.7. The minimum atomic E-state index is 0.651. The zero-order valence-electron chi connectivity index (χ0n) is 26.9. The molecule has 0 saturated carbocycles. The molecule has 10 aromatic rings. The van der Waals surface area contributed by atoms with Gasteiger partial charge in [0.15, 0.2) is 17.5 Å². The van der Waals surface area contributed by atoms with Gasteiger partial charge in [-0.2, -0.15) is 0 Å². The molecule has 0 spiro atoms. The van der Waals surface area contributed by atoms with Crippen LogP contribution in [0.4, 0.5) is 0 Å². The van der Waals surface area contributed by atoms with Crippen molar-refractivity contribution in [3.63, 3.8) is 0 Å². The third-order valence-electron chi connectivity index (χ3n) is 9.44. The molecular weight excluding hydrogens is 629 g/mol. The number of aromatic nitrogens is 4. The average Bonchev–Trinajstić information content (AvgIpc) is 3.74. The van der Waals surface area contributed by atoms with E-state index in [9.17, 15) is 0 Å². The van der Waals surface area contributed by atoms with E-state index in [0.29, 0.717) is 17.5 Å². The first-order valence-corrected chi connectivity index (χ1v) is 17.5. The molecule has 7 aromatic carbocycles. The smallest absolute Gasteiger partial charge is 0.164 e. The molecule has 0 aliphatic carbocycles. The van der Waals surface area contributed by atoms with Crippen LogP contribution in [0.25, 0.3) is 93.0 Å². The van der Waals surface area contributed by atoms with Gasteiger partial charge < -0.3 is 4.57 Å². The largest absolute Gasteiger partial charge is 0.309 e. The Bertz CT molecular complexity index is 2800. The normalized spacial score (nSPS) is 11.6. The second-order valence-corrected chi connectivity index (χ2v) is 13.5. The molecule has 50 heavy (non-hydrogen) atoms. The van der Waals surface area contributed by atoms with Crippen molar-refractivity contribution in [1.82, 2.24) is 19.5 Å². The van der Waals surface area contributed by atoms with Crippen molar-refractivity contribution in [3.8, 4) is 51.0 Å². The molecule has 0 amide bonds. The summed E-state index contributed by atoms with van der Waals surface area (Å²) in [7, 11) is 0. The SMILES string of the molecule is c1ccc(-c2ccc3c(c2)c2ccccc2n3-c2cc(-c3nc(-c4ccccc4)nc(-c4ccccc4)n3)c3c(c2)sc2ccccc23)cc1. The van der Waals surface area contributed by atoms with E-state index < -0.39 is 0 Å². The second kappa shape index (κ2) is 11.6. The van der Waals surface area contributed by atoms with Gasteiger partial charge in [-0.15, -0.1) is 11.3 Å². The van der Waals surface area contributed by atoms with Crippen LogP contribution >= 0.6 is 11.3 Å². The Morgan fingerprint density at radius 2 is 0.940 bits per heavy atom. The van der Waals surface area contributed by atoms with Gasteiger partial charge in [0.2, 0.25) is 0 Å². The highest BCUT2D eigenvalue weighted by Crippen LogP contribution is 2.43. The number of nitrogens with zero attached hydrogens (tertiary/aromatic N) is 4. The predicted molar refractivity (Wildman–Crippen MR) is 209 cm³/mol. The van der Waals surface area contributed by atoms with E-state index in [1.54, 1.807) is 0 Å². The molecule has 0 aliphatic heterocycles. The Hall–Kier alpha value is -6.43. The number of para-hydroxylation sites is 1. The van der Waals surface area contributed by atoms with Crippen LogP contribution in [0.1, 0.15) is 0 Å². The van der Waals surface area contributed by atoms with Gasteiger partial charge in [0.1, 0.15) is 0 Å². The maximum Gasteiger partial charge on any atom is 0.164 e. The quantitative estimate of drug-likeness (QED) is 0.185. The first kappa shape index (κ1) is 28.6. The van der Waals surface area contributed by atoms with Crippen LogP contribution in [-0.4, -0.2) is 19.5 Å². The molecule has 0 N–H and O–H groups in total. The van der Waals surface area contributed by atoms with Crippen LogP contribution in [0.2, 0.25) is 0 Å². The molecule has 0 bridgehead atoms. The summed E-state index contributed by atoms with van der Waals surface area (Å²) >= 11 is 1.81. The molecule has 4 nitrogen and oxygen atoms in total. The van der Waals surface area contributed by atoms with E-state index in [4.69, 9.17) is 15.0 Å². The van der Waals surface area contributed by atoms with Crippen molar-refractivity contribution in [1.29, 1.82) is 0 Å². The van der Waals surface area contributed by atoms with Gasteiger partial charge in [-0.3, -0.25) is 0 Å². The highest BCUT2D eigenvalue weighted by atomic mass is 32.1. The number of rotatable bonds is 5. The predicted octanol–water partition coefficient (Wildman–Crippen LogP) is 12.0. The van der Waals surface area contributed by atoms with Crippen LogP contribution in [0, 0.1) is 0 Å². The van der Waals surface area contributed by atoms with E-state index in [0.717, 1.165) is 38.8 Å². The summed E-state index contributed by atoms with van der Waals surface area (Å²) in [5.74, 6) is 1.95. The number of benzene rings is 7. The second-order valence-electron chi connectivity index (χ2n) is 12.5. The van der Waals surface area contributed by atoms with Gasteiger partial charge in [-0.1, -0.05) is 133 Å². The van der Waals surface area contributed by atoms with E-state index >= 15 is 0 Å². The Kier molecular flexibility index (Phi) is 6.64. The summed E-state index contributed by atoms with van der Waals surface area (Å²) in [6, 6.07) is 59.7. The first-order chi connectivity index (χ1) is 24.8. The summed E-state index contributed by atoms with van der Waals surface area (Å²) < 4.78 is 4.81. The third kappa shape index (κ3) is 4.71. The molecule has 0 radical (unpaired) electrons. The average molecular weight is 657 g/mol. The van der Waals surface area contributed by atoms with E-state index in [-0.39, 0.29) is 0 Å². The lowest BCUT2D eigenvalue weighted by Gasteiger charge is -2.13. The van der Waals surface area contributed by atoms with Crippen molar-refractivity contribution in [2.75, 3.05) is 0 Å². The molecule has 3 heterocycles. The maximum atomic E-state index is 5.20. The molecule has 3 aromatic heterocycles. The van der Waals surface area contributed by atoms with Crippen LogP contribution in [-0.2, 0) is 0 Å². The van der Waals surface area contributed by atoms with Gasteiger partial charge in [0.05, 0.1) is 11.0 Å². The third-order valence-corrected chi connectivity index (χ3v) is 10.6. The van der Waals surface area contributed by atoms with Gasteiger partial charge in [-0.05, 0) is 47.5 Å². The topological polar surface area (TPSA) is 43.6 Å². The molecule has 0 fully saturated rings. The zero-order valence-corrected chi connectivity index (χ0v) is 27.7. The van der Waals surface area contributed by atoms with Crippen LogP contribution in [0.15, 0.2) is 170 Å². The minimum absolute atomic E-state index is 0.651. The molecule has 0 atom stereocenters. The maximum absolute atomic E-state index is 5.20. The fraction of sp³-hybridized carbons (Fsp3) is 0. The fourth-order valence-electron chi connectivity index (χ4n) is 7.14. The molecule has 0 saturated heterocycles. The van der Waals surface area contributed by atoms with Gasteiger partial charge in [0, 0.05) is 53.3 Å². The van der Waals surface area contributed by atoms with Crippen molar-refractivity contribution in [2.24, 2.45) is 0 Å². The molecular formula is C45H28N4S. The number of hydrogen-bond donors (Lipinski definition) is 0. The lowest BCUT2D eigenvalue weighted by atomic mass is 10.0. The Balaban J connectivity index is 1.28. The van der Waals surface area contributed by atoms with Gasteiger partial charge >= 0.3 is 0 Å². The lowest BCUT2D eigenvalue weighted by Crippen LogP contribution is -2.01.